The second kappa shape index (κ2) is 9.87. The Balaban J connectivity index is 2.23. The third-order valence-electron chi connectivity index (χ3n) is 4.80. The van der Waals surface area contributed by atoms with Crippen LogP contribution in [0.3, 0.4) is 0 Å². The minimum Gasteiger partial charge on any atom is -0.304 e. The molecule has 172 valence electrons. The fourth-order valence-corrected chi connectivity index (χ4v) is 7.82. The van der Waals surface area contributed by atoms with Gasteiger partial charge in [0.2, 0.25) is 10.0 Å². The van der Waals surface area contributed by atoms with Gasteiger partial charge in [0, 0.05) is 51.6 Å². The molecule has 0 bridgehead atoms. The zero-order valence-corrected chi connectivity index (χ0v) is 20.8. The normalized spacial score (nSPS) is 16.1. The van der Waals surface area contributed by atoms with Crippen LogP contribution in [0.4, 0.5) is 0 Å². The number of nitrogens with zero attached hydrogens (tertiary/aromatic N) is 3. The Hall–Kier alpha value is -1.36. The lowest BCUT2D eigenvalue weighted by Crippen LogP contribution is -2.47. The van der Waals surface area contributed by atoms with Crippen molar-refractivity contribution >= 4 is 55.1 Å². The van der Waals surface area contributed by atoms with Gasteiger partial charge in [-0.3, -0.25) is 4.55 Å². The lowest BCUT2D eigenvalue weighted by atomic mass is 10.1. The molecule has 0 aliphatic carbocycles. The number of nitriles is 1. The summed E-state index contributed by atoms with van der Waals surface area (Å²) < 4.78 is 61.5. The summed E-state index contributed by atoms with van der Waals surface area (Å²) >= 11 is 13.1. The first-order valence-electron chi connectivity index (χ1n) is 9.24. The number of likely N-dealkylation sites (N-methyl/N-ethyl adjacent to an activating group) is 1. The number of rotatable bonds is 6. The molecule has 0 radical (unpaired) electrons. The molecule has 0 atom stereocenters. The molecule has 3 rings (SSSR count). The van der Waals surface area contributed by atoms with E-state index in [1.807, 2.05) is 18.0 Å². The Labute approximate surface area is 201 Å². The Bertz CT molecular complexity index is 1270. The molecule has 0 amide bonds. The molecule has 1 heterocycles. The predicted molar refractivity (Wildman–Crippen MR) is 123 cm³/mol. The van der Waals surface area contributed by atoms with Crippen molar-refractivity contribution in [1.29, 1.82) is 5.26 Å². The van der Waals surface area contributed by atoms with Crippen LogP contribution in [0.15, 0.2) is 45.0 Å². The molecule has 0 spiro atoms. The predicted octanol–water partition coefficient (Wildman–Crippen LogP) is 3.34. The minimum atomic E-state index is -4.63. The second-order valence-electron chi connectivity index (χ2n) is 7.17. The number of halogens is 2. The van der Waals surface area contributed by atoms with E-state index in [4.69, 9.17) is 23.2 Å². The van der Waals surface area contributed by atoms with Crippen molar-refractivity contribution in [2.45, 2.75) is 20.4 Å². The van der Waals surface area contributed by atoms with E-state index in [0.717, 1.165) is 11.8 Å². The lowest BCUT2D eigenvalue weighted by Gasteiger charge is -2.32. The molecule has 2 aromatic rings. The Morgan fingerprint density at radius 1 is 1.06 bits per heavy atom. The van der Waals surface area contributed by atoms with Crippen molar-refractivity contribution in [3.63, 3.8) is 0 Å². The fourth-order valence-electron chi connectivity index (χ4n) is 3.27. The summed E-state index contributed by atoms with van der Waals surface area (Å²) in [7, 11) is -6.96. The lowest BCUT2D eigenvalue weighted by molar-refractivity contribution is 0.222. The number of piperazine rings is 1. The first kappa shape index (κ1) is 25.3. The van der Waals surface area contributed by atoms with E-state index in [9.17, 15) is 26.7 Å². The van der Waals surface area contributed by atoms with Gasteiger partial charge >= 0.3 is 0 Å². The number of sulfonamides is 1. The highest BCUT2D eigenvalue weighted by molar-refractivity contribution is 8.00. The van der Waals surface area contributed by atoms with E-state index in [-0.39, 0.29) is 34.0 Å². The number of hydrogen-bond donors (Lipinski definition) is 1. The summed E-state index contributed by atoms with van der Waals surface area (Å²) in [5.74, 6) is -1.01. The van der Waals surface area contributed by atoms with Crippen molar-refractivity contribution in [3.8, 4) is 6.07 Å². The van der Waals surface area contributed by atoms with E-state index < -0.39 is 25.9 Å². The molecular weight excluding hydrogens is 517 g/mol. The van der Waals surface area contributed by atoms with E-state index in [1.165, 1.54) is 22.5 Å². The van der Waals surface area contributed by atoms with Crippen molar-refractivity contribution in [3.05, 3.63) is 51.5 Å². The molecule has 32 heavy (non-hydrogen) atoms. The maximum Gasteiger partial charge on any atom is 0.269 e. The molecule has 1 saturated heterocycles. The summed E-state index contributed by atoms with van der Waals surface area (Å²) in [5.41, 5.74) is -0.421. The summed E-state index contributed by atoms with van der Waals surface area (Å²) in [5, 5.41) is 10.2. The summed E-state index contributed by atoms with van der Waals surface area (Å²) in [6.07, 6.45) is 0. The number of benzene rings is 2. The summed E-state index contributed by atoms with van der Waals surface area (Å²) in [4.78, 5) is 2.38. The molecule has 1 aliphatic heterocycles. The monoisotopic (exact) mass is 535 g/mol. The second-order valence-corrected chi connectivity index (χ2v) is 12.5. The molecule has 1 N–H and O–H groups in total. The van der Waals surface area contributed by atoms with Crippen LogP contribution in [0.5, 0.6) is 0 Å². The van der Waals surface area contributed by atoms with Crippen LogP contribution in [0.25, 0.3) is 0 Å². The van der Waals surface area contributed by atoms with Crippen molar-refractivity contribution in [2.75, 3.05) is 33.2 Å². The maximum absolute atomic E-state index is 13.7. The highest BCUT2D eigenvalue weighted by atomic mass is 35.5. The van der Waals surface area contributed by atoms with E-state index >= 15 is 0 Å². The zero-order chi connectivity index (χ0) is 23.7. The van der Waals surface area contributed by atoms with Crippen LogP contribution >= 0.6 is 35.0 Å². The van der Waals surface area contributed by atoms with Gasteiger partial charge in [-0.1, -0.05) is 35.0 Å². The van der Waals surface area contributed by atoms with Crippen LogP contribution in [0.1, 0.15) is 11.1 Å². The molecule has 8 nitrogen and oxygen atoms in total. The molecule has 13 heteroatoms. The van der Waals surface area contributed by atoms with E-state index in [1.54, 1.807) is 12.1 Å². The Kier molecular flexibility index (Phi) is 7.79. The van der Waals surface area contributed by atoms with Crippen LogP contribution in [0, 0.1) is 11.3 Å². The van der Waals surface area contributed by atoms with Crippen LogP contribution in [-0.4, -0.2) is 63.8 Å². The van der Waals surface area contributed by atoms with Crippen LogP contribution in [0.2, 0.25) is 10.0 Å². The van der Waals surface area contributed by atoms with Crippen molar-refractivity contribution in [1.82, 2.24) is 9.21 Å². The average molecular weight is 536 g/mol. The first-order valence-corrected chi connectivity index (χ1v) is 13.9. The van der Waals surface area contributed by atoms with Gasteiger partial charge in [-0.05, 0) is 37.4 Å². The van der Waals surface area contributed by atoms with Gasteiger partial charge in [0.15, 0.2) is 0 Å². The van der Waals surface area contributed by atoms with Gasteiger partial charge in [-0.25, -0.2) is 8.42 Å². The van der Waals surface area contributed by atoms with Crippen molar-refractivity contribution < 1.29 is 21.4 Å². The molecule has 0 saturated carbocycles. The van der Waals surface area contributed by atoms with E-state index in [0.29, 0.717) is 28.0 Å². The molecule has 1 aliphatic rings. The van der Waals surface area contributed by atoms with E-state index in [2.05, 4.69) is 0 Å². The van der Waals surface area contributed by atoms with Gasteiger partial charge in [0.1, 0.15) is 10.6 Å². The highest BCUT2D eigenvalue weighted by Crippen LogP contribution is 2.39. The Morgan fingerprint density at radius 3 is 2.19 bits per heavy atom. The van der Waals surface area contributed by atoms with Gasteiger partial charge < -0.3 is 4.90 Å². The zero-order valence-electron chi connectivity index (χ0n) is 16.8. The highest BCUT2D eigenvalue weighted by Gasteiger charge is 2.34. The molecular formula is C19H19Cl2N3O5S3. The summed E-state index contributed by atoms with van der Waals surface area (Å²) in [6.45, 7) is 1.40. The molecule has 1 fully saturated rings. The van der Waals surface area contributed by atoms with Gasteiger partial charge in [-0.2, -0.15) is 18.0 Å². The third kappa shape index (κ3) is 5.95. The molecule has 2 aromatic carbocycles. The smallest absolute Gasteiger partial charge is 0.269 e. The molecule has 0 unspecified atom stereocenters. The molecule has 0 aromatic heterocycles. The van der Waals surface area contributed by atoms with Gasteiger partial charge in [0.25, 0.3) is 10.1 Å². The minimum absolute atomic E-state index is 0.149. The average Bonchev–Trinajstić information content (AvgIpc) is 2.66. The van der Waals surface area contributed by atoms with Gasteiger partial charge in [-0.15, -0.1) is 0 Å². The summed E-state index contributed by atoms with van der Waals surface area (Å²) in [6, 6.07) is 9.30. The standard InChI is InChI=1S/C19H19Cl2N3O5S3/c1-23-4-6-24(7-5-23)32(28,29)19-17(12-31(25,26)27)13(11-22)2-3-18(19)30-16-9-14(20)8-15(21)10-16/h2-3,8-10H,4-7,12H2,1H3,(H,25,26,27). The fraction of sp³-hybridized carbons (Fsp3) is 0.316. The van der Waals surface area contributed by atoms with Crippen LogP contribution < -0.4 is 0 Å². The largest absolute Gasteiger partial charge is 0.304 e. The topological polar surface area (TPSA) is 119 Å². The quantitative estimate of drug-likeness (QED) is 0.559. The Morgan fingerprint density at radius 2 is 1.66 bits per heavy atom. The van der Waals surface area contributed by atoms with Gasteiger partial charge in [0.05, 0.1) is 11.6 Å². The van der Waals surface area contributed by atoms with Crippen molar-refractivity contribution in [2.24, 2.45) is 0 Å². The van der Waals surface area contributed by atoms with Crippen LogP contribution in [-0.2, 0) is 25.9 Å². The third-order valence-corrected chi connectivity index (χ3v) is 9.07. The first-order chi connectivity index (χ1) is 14.9. The maximum atomic E-state index is 13.7. The SMILES string of the molecule is CN1CCN(S(=O)(=O)c2c(Sc3cc(Cl)cc(Cl)c3)ccc(C#N)c2CS(=O)(=O)O)CC1. The number of hydrogen-bond acceptors (Lipinski definition) is 7.